The number of anilines is 1. The number of carbonyl (C=O) groups is 1. The Labute approximate surface area is 145 Å². The van der Waals surface area contributed by atoms with Crippen LogP contribution < -0.4 is 5.32 Å². The van der Waals surface area contributed by atoms with Crippen LogP contribution in [-0.4, -0.2) is 15.8 Å². The first-order chi connectivity index (χ1) is 10.9. The van der Waals surface area contributed by atoms with Crippen molar-refractivity contribution in [1.29, 1.82) is 0 Å². The molecular formula is C15H11BrClN3O3. The average molecular weight is 397 g/mol. The van der Waals surface area contributed by atoms with Crippen molar-refractivity contribution in [3.8, 4) is 0 Å². The van der Waals surface area contributed by atoms with Gasteiger partial charge in [-0.05, 0) is 52.7 Å². The number of carbonyl (C=O) groups excluding carboxylic acids is 1. The molecule has 0 spiro atoms. The van der Waals surface area contributed by atoms with Crippen molar-refractivity contribution >= 4 is 51.0 Å². The van der Waals surface area contributed by atoms with Gasteiger partial charge in [0.05, 0.1) is 10.6 Å². The van der Waals surface area contributed by atoms with Gasteiger partial charge in [-0.2, -0.15) is 0 Å². The second-order valence-electron chi connectivity index (χ2n) is 4.55. The lowest BCUT2D eigenvalue weighted by atomic mass is 10.2. The van der Waals surface area contributed by atoms with Gasteiger partial charge in [-0.15, -0.1) is 0 Å². The van der Waals surface area contributed by atoms with Crippen molar-refractivity contribution < 1.29 is 9.72 Å². The number of nitrogens with zero attached hydrogens (tertiary/aromatic N) is 2. The lowest BCUT2D eigenvalue weighted by molar-refractivity contribution is -0.384. The molecule has 1 heterocycles. The molecule has 1 aromatic carbocycles. The summed E-state index contributed by atoms with van der Waals surface area (Å²) in [6, 6.07) is 7.74. The molecule has 0 radical (unpaired) electrons. The molecule has 0 saturated carbocycles. The molecule has 0 aliphatic carbocycles. The van der Waals surface area contributed by atoms with Gasteiger partial charge in [-0.25, -0.2) is 4.98 Å². The van der Waals surface area contributed by atoms with Crippen LogP contribution in [0.15, 0.2) is 40.9 Å². The van der Waals surface area contributed by atoms with Gasteiger partial charge in [0, 0.05) is 16.6 Å². The van der Waals surface area contributed by atoms with Crippen LogP contribution in [0.3, 0.4) is 0 Å². The molecule has 8 heteroatoms. The molecule has 0 bridgehead atoms. The number of benzene rings is 1. The molecule has 1 N–H and O–H groups in total. The summed E-state index contributed by atoms with van der Waals surface area (Å²) in [4.78, 5) is 26.3. The first-order valence-electron chi connectivity index (χ1n) is 6.43. The molecule has 0 unspecified atom stereocenters. The minimum atomic E-state index is -0.575. The molecule has 0 aliphatic heterocycles. The second kappa shape index (κ2) is 7.34. The molecule has 1 aromatic heterocycles. The van der Waals surface area contributed by atoms with Gasteiger partial charge in [0.25, 0.3) is 5.69 Å². The summed E-state index contributed by atoms with van der Waals surface area (Å²) in [5.41, 5.74) is 1.04. The monoisotopic (exact) mass is 395 g/mol. The van der Waals surface area contributed by atoms with E-state index in [1.807, 2.05) is 6.92 Å². The van der Waals surface area contributed by atoms with Gasteiger partial charge in [-0.1, -0.05) is 17.7 Å². The summed E-state index contributed by atoms with van der Waals surface area (Å²) < 4.78 is 0.847. The summed E-state index contributed by atoms with van der Waals surface area (Å²) >= 11 is 9.06. The largest absolute Gasteiger partial charge is 0.307 e. The van der Waals surface area contributed by atoms with Crippen LogP contribution in [-0.2, 0) is 4.79 Å². The van der Waals surface area contributed by atoms with Gasteiger partial charge in [0.1, 0.15) is 10.8 Å². The van der Waals surface area contributed by atoms with Crippen LogP contribution in [0.1, 0.15) is 11.3 Å². The van der Waals surface area contributed by atoms with Gasteiger partial charge in [0.15, 0.2) is 0 Å². The van der Waals surface area contributed by atoms with E-state index in [0.717, 1.165) is 10.2 Å². The second-order valence-corrected chi connectivity index (χ2v) is 5.82. The fraction of sp³-hybridized carbons (Fsp3) is 0.0667. The zero-order chi connectivity index (χ0) is 17.0. The number of pyridine rings is 1. The summed E-state index contributed by atoms with van der Waals surface area (Å²) in [6.07, 6.45) is 2.73. The van der Waals surface area contributed by atoms with Crippen molar-refractivity contribution in [2.75, 3.05) is 5.32 Å². The first kappa shape index (κ1) is 17.1. The van der Waals surface area contributed by atoms with Gasteiger partial charge >= 0.3 is 0 Å². The van der Waals surface area contributed by atoms with E-state index in [0.29, 0.717) is 11.4 Å². The fourth-order valence-electron chi connectivity index (χ4n) is 1.73. The Morgan fingerprint density at radius 1 is 1.39 bits per heavy atom. The first-order valence-corrected chi connectivity index (χ1v) is 7.60. The smallest absolute Gasteiger partial charge is 0.288 e. The molecule has 0 atom stereocenters. The topological polar surface area (TPSA) is 85.1 Å². The molecule has 6 nitrogen and oxygen atoms in total. The standard InChI is InChI=1S/C15H11BrClN3O3/c1-9-11(16)4-6-14(18-9)19-15(21)7-3-10-2-5-12(17)13(8-10)20(22)23/h2-8H,1H3,(H,18,19,21)/b7-3+. The van der Waals surface area contributed by atoms with Gasteiger partial charge in [0.2, 0.25) is 5.91 Å². The Bertz CT molecular complexity index is 809. The third-order valence-electron chi connectivity index (χ3n) is 2.87. The van der Waals surface area contributed by atoms with Gasteiger partial charge < -0.3 is 5.32 Å². The highest BCUT2D eigenvalue weighted by Crippen LogP contribution is 2.25. The summed E-state index contributed by atoms with van der Waals surface area (Å²) in [5.74, 6) is 0.0271. The zero-order valence-corrected chi connectivity index (χ0v) is 14.3. The molecule has 2 rings (SSSR count). The third-order valence-corrected chi connectivity index (χ3v) is 4.02. The average Bonchev–Trinajstić information content (AvgIpc) is 2.50. The molecule has 0 saturated heterocycles. The maximum Gasteiger partial charge on any atom is 0.288 e. The Morgan fingerprint density at radius 2 is 2.13 bits per heavy atom. The molecule has 23 heavy (non-hydrogen) atoms. The van der Waals surface area contributed by atoms with E-state index in [4.69, 9.17) is 11.6 Å². The van der Waals surface area contributed by atoms with Crippen LogP contribution in [0.25, 0.3) is 6.08 Å². The number of nitro benzene ring substituents is 1. The molecule has 118 valence electrons. The summed E-state index contributed by atoms with van der Waals surface area (Å²) in [5, 5.41) is 13.5. The lowest BCUT2D eigenvalue weighted by Gasteiger charge is -2.03. The van der Waals surface area contributed by atoms with E-state index in [1.165, 1.54) is 24.3 Å². The zero-order valence-electron chi connectivity index (χ0n) is 11.9. The molecular weight excluding hydrogens is 386 g/mol. The van der Waals surface area contributed by atoms with Crippen molar-refractivity contribution in [2.45, 2.75) is 6.92 Å². The maximum atomic E-state index is 11.9. The van der Waals surface area contributed by atoms with Crippen molar-refractivity contribution in [2.24, 2.45) is 0 Å². The Balaban J connectivity index is 2.10. The van der Waals surface area contributed by atoms with Crippen molar-refractivity contribution in [3.05, 3.63) is 67.3 Å². The lowest BCUT2D eigenvalue weighted by Crippen LogP contribution is -2.09. The van der Waals surface area contributed by atoms with E-state index in [2.05, 4.69) is 26.2 Å². The Morgan fingerprint density at radius 3 is 2.78 bits per heavy atom. The van der Waals surface area contributed by atoms with E-state index in [1.54, 1.807) is 18.2 Å². The summed E-state index contributed by atoms with van der Waals surface area (Å²) in [6.45, 7) is 1.81. The van der Waals surface area contributed by atoms with Crippen molar-refractivity contribution in [3.63, 3.8) is 0 Å². The quantitative estimate of drug-likeness (QED) is 0.472. The third kappa shape index (κ3) is 4.61. The van der Waals surface area contributed by atoms with Crippen LogP contribution in [0.4, 0.5) is 11.5 Å². The maximum absolute atomic E-state index is 11.9. The number of halogens is 2. The van der Waals surface area contributed by atoms with Crippen molar-refractivity contribution in [1.82, 2.24) is 4.98 Å². The molecule has 1 amide bonds. The molecule has 0 aliphatic rings. The molecule has 2 aromatic rings. The molecule has 0 fully saturated rings. The number of hydrogen-bond donors (Lipinski definition) is 1. The predicted octanol–water partition coefficient (Wildman–Crippen LogP) is 4.37. The van der Waals surface area contributed by atoms with E-state index >= 15 is 0 Å². The number of rotatable bonds is 4. The van der Waals surface area contributed by atoms with Gasteiger partial charge in [-0.3, -0.25) is 14.9 Å². The predicted molar refractivity (Wildman–Crippen MR) is 92.4 cm³/mol. The highest BCUT2D eigenvalue weighted by atomic mass is 79.9. The highest BCUT2D eigenvalue weighted by molar-refractivity contribution is 9.10. The number of aromatic nitrogens is 1. The minimum absolute atomic E-state index is 0.0474. The Hall–Kier alpha value is -2.25. The fourth-order valence-corrected chi connectivity index (χ4v) is 2.13. The van der Waals surface area contributed by atoms with Crippen LogP contribution in [0, 0.1) is 17.0 Å². The van der Waals surface area contributed by atoms with Crippen LogP contribution in [0.2, 0.25) is 5.02 Å². The number of amides is 1. The van der Waals surface area contributed by atoms with Crippen LogP contribution >= 0.6 is 27.5 Å². The Kier molecular flexibility index (Phi) is 5.46. The minimum Gasteiger partial charge on any atom is -0.307 e. The normalized spacial score (nSPS) is 10.7. The number of hydrogen-bond acceptors (Lipinski definition) is 4. The summed E-state index contributed by atoms with van der Waals surface area (Å²) in [7, 11) is 0. The number of nitrogens with one attached hydrogen (secondary N) is 1. The van der Waals surface area contributed by atoms with E-state index < -0.39 is 10.8 Å². The van der Waals surface area contributed by atoms with Crippen LogP contribution in [0.5, 0.6) is 0 Å². The SMILES string of the molecule is Cc1nc(NC(=O)/C=C/c2ccc(Cl)c([N+](=O)[O-])c2)ccc1Br. The van der Waals surface area contributed by atoms with E-state index in [9.17, 15) is 14.9 Å². The van der Waals surface area contributed by atoms with E-state index in [-0.39, 0.29) is 10.7 Å². The highest BCUT2D eigenvalue weighted by Gasteiger charge is 2.11. The number of nitro groups is 1. The number of aryl methyl sites for hydroxylation is 1.